The van der Waals surface area contributed by atoms with E-state index in [1.54, 1.807) is 30.3 Å². The number of benzene rings is 2. The molecule has 4 nitrogen and oxygen atoms in total. The Kier molecular flexibility index (Phi) is 5.65. The number of hydrogen-bond donors (Lipinski definition) is 1. The summed E-state index contributed by atoms with van der Waals surface area (Å²) in [7, 11) is 0. The standard InChI is InChI=1S/C20H16N2O2S2/c1-14(12-15-8-4-2-5-9-15)13-17-19(24)22(20(25)26-17)21-18(23)16-10-6-3-7-11-16/h2-13H,1H3,(H,21,23)/b14-12+,17-13-. The molecule has 26 heavy (non-hydrogen) atoms. The summed E-state index contributed by atoms with van der Waals surface area (Å²) < 4.78 is 0.304. The number of thiocarbonyl (C=S) groups is 1. The summed E-state index contributed by atoms with van der Waals surface area (Å²) in [6.07, 6.45) is 3.76. The van der Waals surface area contributed by atoms with E-state index in [-0.39, 0.29) is 11.8 Å². The highest BCUT2D eigenvalue weighted by Crippen LogP contribution is 2.31. The van der Waals surface area contributed by atoms with Gasteiger partial charge in [0.25, 0.3) is 11.8 Å². The molecular formula is C20H16N2O2S2. The van der Waals surface area contributed by atoms with Gasteiger partial charge in [-0.3, -0.25) is 15.0 Å². The fourth-order valence-electron chi connectivity index (χ4n) is 2.38. The zero-order chi connectivity index (χ0) is 18.5. The molecule has 0 bridgehead atoms. The predicted molar refractivity (Wildman–Crippen MR) is 109 cm³/mol. The molecule has 0 unspecified atom stereocenters. The van der Waals surface area contributed by atoms with E-state index in [1.165, 1.54) is 11.8 Å². The number of hydrogen-bond acceptors (Lipinski definition) is 4. The number of thioether (sulfide) groups is 1. The summed E-state index contributed by atoms with van der Waals surface area (Å²) in [6.45, 7) is 1.92. The van der Waals surface area contributed by atoms with E-state index < -0.39 is 0 Å². The predicted octanol–water partition coefficient (Wildman–Crippen LogP) is 4.18. The second kappa shape index (κ2) is 8.12. The van der Waals surface area contributed by atoms with Crippen molar-refractivity contribution in [3.63, 3.8) is 0 Å². The van der Waals surface area contributed by atoms with Gasteiger partial charge in [0.2, 0.25) is 0 Å². The highest BCUT2D eigenvalue weighted by Gasteiger charge is 2.33. The van der Waals surface area contributed by atoms with Crippen molar-refractivity contribution in [3.05, 3.63) is 88.3 Å². The lowest BCUT2D eigenvalue weighted by molar-refractivity contribution is -0.123. The van der Waals surface area contributed by atoms with E-state index in [0.29, 0.717) is 14.8 Å². The Bertz CT molecular complexity index is 906. The number of hydrazine groups is 1. The summed E-state index contributed by atoms with van der Waals surface area (Å²) >= 11 is 6.41. The molecule has 0 aromatic heterocycles. The first-order valence-electron chi connectivity index (χ1n) is 7.92. The molecule has 0 spiro atoms. The molecule has 1 fully saturated rings. The second-order valence-corrected chi connectivity index (χ2v) is 7.30. The number of carbonyl (C=O) groups excluding carboxylic acids is 2. The molecule has 0 aliphatic carbocycles. The maximum atomic E-state index is 12.6. The van der Waals surface area contributed by atoms with Crippen molar-refractivity contribution in [1.82, 2.24) is 10.4 Å². The highest BCUT2D eigenvalue weighted by molar-refractivity contribution is 8.26. The largest absolute Gasteiger partial charge is 0.285 e. The smallest absolute Gasteiger partial charge is 0.267 e. The van der Waals surface area contributed by atoms with Crippen LogP contribution < -0.4 is 5.43 Å². The number of rotatable bonds is 4. The molecule has 1 heterocycles. The summed E-state index contributed by atoms with van der Waals surface area (Å²) in [4.78, 5) is 25.3. The van der Waals surface area contributed by atoms with E-state index in [1.807, 2.05) is 49.4 Å². The molecule has 2 aromatic carbocycles. The molecule has 0 saturated carbocycles. The maximum Gasteiger partial charge on any atom is 0.285 e. The number of carbonyl (C=O) groups is 2. The minimum atomic E-state index is -0.375. The molecule has 3 rings (SSSR count). The van der Waals surface area contributed by atoms with Crippen molar-refractivity contribution in [2.24, 2.45) is 0 Å². The molecule has 6 heteroatoms. The van der Waals surface area contributed by atoms with Crippen molar-refractivity contribution in [1.29, 1.82) is 0 Å². The zero-order valence-electron chi connectivity index (χ0n) is 14.0. The minimum absolute atomic E-state index is 0.304. The van der Waals surface area contributed by atoms with Crippen LogP contribution in [0.15, 0.2) is 77.2 Å². The fraction of sp³-hybridized carbons (Fsp3) is 0.0500. The van der Waals surface area contributed by atoms with E-state index in [2.05, 4.69) is 5.43 Å². The van der Waals surface area contributed by atoms with Gasteiger partial charge in [-0.1, -0.05) is 66.4 Å². The van der Waals surface area contributed by atoms with Gasteiger partial charge in [0, 0.05) is 5.56 Å². The Morgan fingerprint density at radius 3 is 2.35 bits per heavy atom. The highest BCUT2D eigenvalue weighted by atomic mass is 32.2. The molecule has 130 valence electrons. The Morgan fingerprint density at radius 1 is 1.08 bits per heavy atom. The lowest BCUT2D eigenvalue weighted by Gasteiger charge is -2.15. The van der Waals surface area contributed by atoms with Gasteiger partial charge >= 0.3 is 0 Å². The lowest BCUT2D eigenvalue weighted by Crippen LogP contribution is -2.44. The fourth-order valence-corrected chi connectivity index (χ4v) is 3.61. The number of nitrogens with zero attached hydrogens (tertiary/aromatic N) is 1. The molecule has 0 atom stereocenters. The van der Waals surface area contributed by atoms with Crippen LogP contribution in [0, 0.1) is 0 Å². The van der Waals surface area contributed by atoms with Gasteiger partial charge in [0.1, 0.15) is 0 Å². The van der Waals surface area contributed by atoms with Crippen LogP contribution in [0.1, 0.15) is 22.8 Å². The van der Waals surface area contributed by atoms with Gasteiger partial charge < -0.3 is 0 Å². The van der Waals surface area contributed by atoms with Crippen LogP contribution in [-0.4, -0.2) is 21.1 Å². The van der Waals surface area contributed by atoms with Gasteiger partial charge in [-0.05, 0) is 48.5 Å². The van der Waals surface area contributed by atoms with Gasteiger partial charge in [-0.25, -0.2) is 0 Å². The van der Waals surface area contributed by atoms with E-state index in [4.69, 9.17) is 12.2 Å². The van der Waals surface area contributed by atoms with Crippen LogP contribution in [0.5, 0.6) is 0 Å². The molecule has 0 radical (unpaired) electrons. The van der Waals surface area contributed by atoms with Crippen molar-refractivity contribution in [3.8, 4) is 0 Å². The third kappa shape index (κ3) is 4.28. The normalized spacial score (nSPS) is 16.3. The first kappa shape index (κ1) is 18.1. The van der Waals surface area contributed by atoms with Crippen LogP contribution >= 0.6 is 24.0 Å². The molecule has 2 aromatic rings. The first-order valence-corrected chi connectivity index (χ1v) is 9.14. The van der Waals surface area contributed by atoms with Crippen LogP contribution in [-0.2, 0) is 4.79 Å². The van der Waals surface area contributed by atoms with Crippen molar-refractivity contribution in [2.45, 2.75) is 6.92 Å². The molecule has 2 amide bonds. The van der Waals surface area contributed by atoms with E-state index >= 15 is 0 Å². The van der Waals surface area contributed by atoms with Gasteiger partial charge in [0.15, 0.2) is 4.32 Å². The van der Waals surface area contributed by atoms with Crippen molar-refractivity contribution < 1.29 is 9.59 Å². The Balaban J connectivity index is 1.74. The SMILES string of the molecule is CC(/C=C1\SC(=S)N(NC(=O)c2ccccc2)C1=O)=C\c1ccccc1. The molecule has 1 aliphatic rings. The Morgan fingerprint density at radius 2 is 1.69 bits per heavy atom. The van der Waals surface area contributed by atoms with Crippen LogP contribution in [0.25, 0.3) is 6.08 Å². The molecule has 1 N–H and O–H groups in total. The Hall–Kier alpha value is -2.70. The lowest BCUT2D eigenvalue weighted by atomic mass is 10.1. The van der Waals surface area contributed by atoms with Crippen molar-refractivity contribution >= 4 is 46.2 Å². The average molecular weight is 380 g/mol. The second-order valence-electron chi connectivity index (χ2n) is 5.62. The first-order chi connectivity index (χ1) is 12.5. The van der Waals surface area contributed by atoms with E-state index in [9.17, 15) is 9.59 Å². The topological polar surface area (TPSA) is 49.4 Å². The molecular weight excluding hydrogens is 364 g/mol. The summed E-state index contributed by atoms with van der Waals surface area (Å²) in [6, 6.07) is 18.5. The minimum Gasteiger partial charge on any atom is -0.267 e. The maximum absolute atomic E-state index is 12.6. The quantitative estimate of drug-likeness (QED) is 0.639. The summed E-state index contributed by atoms with van der Waals surface area (Å²) in [5.74, 6) is -0.704. The van der Waals surface area contributed by atoms with E-state index in [0.717, 1.165) is 16.1 Å². The van der Waals surface area contributed by atoms with Crippen LogP contribution in [0.4, 0.5) is 0 Å². The van der Waals surface area contributed by atoms with Crippen LogP contribution in [0.2, 0.25) is 0 Å². The third-order valence-electron chi connectivity index (χ3n) is 3.60. The van der Waals surface area contributed by atoms with Gasteiger partial charge in [-0.2, -0.15) is 5.01 Å². The number of allylic oxidation sites excluding steroid dienone is 2. The van der Waals surface area contributed by atoms with Gasteiger partial charge in [0.05, 0.1) is 4.91 Å². The Labute approximate surface area is 161 Å². The molecule has 1 saturated heterocycles. The number of amides is 2. The van der Waals surface area contributed by atoms with Crippen LogP contribution in [0.3, 0.4) is 0 Å². The monoisotopic (exact) mass is 380 g/mol. The number of nitrogens with one attached hydrogen (secondary N) is 1. The van der Waals surface area contributed by atoms with Crippen molar-refractivity contribution in [2.75, 3.05) is 0 Å². The third-order valence-corrected chi connectivity index (χ3v) is 4.90. The summed E-state index contributed by atoms with van der Waals surface area (Å²) in [5, 5.41) is 1.12. The summed E-state index contributed by atoms with van der Waals surface area (Å²) in [5.41, 5.74) is 5.01. The average Bonchev–Trinajstić information content (AvgIpc) is 2.90. The zero-order valence-corrected chi connectivity index (χ0v) is 15.6. The molecule has 1 aliphatic heterocycles. The van der Waals surface area contributed by atoms with Gasteiger partial charge in [-0.15, -0.1) is 0 Å².